The minimum Gasteiger partial charge on any atom is -0.464 e. The smallest absolute Gasteiger partial charge is 0.134 e. The Labute approximate surface area is 184 Å². The van der Waals surface area contributed by atoms with Gasteiger partial charge in [-0.2, -0.15) is 0 Å². The van der Waals surface area contributed by atoms with E-state index in [9.17, 15) is 0 Å². The summed E-state index contributed by atoms with van der Waals surface area (Å²) in [5.41, 5.74) is 10.0. The van der Waals surface area contributed by atoms with Crippen molar-refractivity contribution in [3.05, 3.63) is 89.7 Å². The minimum atomic E-state index is 0.000866. The molecule has 2 heterocycles. The van der Waals surface area contributed by atoms with E-state index in [4.69, 9.17) is 8.83 Å². The Kier molecular flexibility index (Phi) is 4.34. The lowest BCUT2D eigenvalue weighted by Crippen LogP contribution is -2.14. The molecule has 2 heteroatoms. The highest BCUT2D eigenvalue weighted by atomic mass is 16.3. The van der Waals surface area contributed by atoms with E-state index in [-0.39, 0.29) is 10.8 Å². The molecule has 0 saturated heterocycles. The molecular weight excluding hydrogens is 380 g/mol. The van der Waals surface area contributed by atoms with Gasteiger partial charge in [-0.3, -0.25) is 0 Å². The van der Waals surface area contributed by atoms with Crippen LogP contribution in [0.4, 0.5) is 0 Å². The first-order valence-corrected chi connectivity index (χ1v) is 10.9. The van der Waals surface area contributed by atoms with Gasteiger partial charge in [-0.15, -0.1) is 0 Å². The van der Waals surface area contributed by atoms with E-state index in [0.29, 0.717) is 0 Å². The first-order chi connectivity index (χ1) is 14.6. The Bertz CT molecular complexity index is 1140. The molecule has 2 aromatic heterocycles. The molecule has 31 heavy (non-hydrogen) atoms. The first kappa shape index (κ1) is 19.9. The average molecular weight is 410 g/mol. The number of benzene rings is 2. The largest absolute Gasteiger partial charge is 0.464 e. The second kappa shape index (κ2) is 6.75. The molecule has 157 valence electrons. The van der Waals surface area contributed by atoms with Crippen molar-refractivity contribution in [1.29, 1.82) is 0 Å². The molecule has 0 N–H and O–H groups in total. The van der Waals surface area contributed by atoms with Crippen LogP contribution in [0, 0.1) is 6.42 Å². The molecule has 5 rings (SSSR count). The van der Waals surface area contributed by atoms with E-state index in [1.54, 1.807) is 12.5 Å². The standard InChI is InChI=1S/C29H29O2/c1-28(2,3)24-16-20-18(14-22(24)26-9-7-11-30-26)13-19-15-23(27-10-8-12-31-27)25(17-21(19)20)29(4,5)6/h7-17H,1-6H3. The Morgan fingerprint density at radius 1 is 0.548 bits per heavy atom. The van der Waals surface area contributed by atoms with Crippen LogP contribution in [0.15, 0.2) is 69.9 Å². The molecule has 2 aromatic carbocycles. The van der Waals surface area contributed by atoms with Crippen molar-refractivity contribution in [3.63, 3.8) is 0 Å². The second-order valence-electron chi connectivity index (χ2n) is 10.6. The van der Waals surface area contributed by atoms with Crippen molar-refractivity contribution in [3.8, 4) is 33.8 Å². The van der Waals surface area contributed by atoms with Crippen LogP contribution in [0.2, 0.25) is 0 Å². The first-order valence-electron chi connectivity index (χ1n) is 10.9. The van der Waals surface area contributed by atoms with Gasteiger partial charge in [0.15, 0.2) is 0 Å². The summed E-state index contributed by atoms with van der Waals surface area (Å²) in [7, 11) is 0. The Morgan fingerprint density at radius 3 is 1.29 bits per heavy atom. The Balaban J connectivity index is 1.74. The molecular formula is C29H29O2. The number of rotatable bonds is 2. The quantitative estimate of drug-likeness (QED) is 0.293. The highest BCUT2D eigenvalue weighted by molar-refractivity contribution is 5.88. The van der Waals surface area contributed by atoms with Crippen molar-refractivity contribution in [1.82, 2.24) is 0 Å². The SMILES string of the molecule is CC(C)(C)c1cc2c(cc1-c1ccco1)[CH]c1cc(-c3ccco3)c(C(C)(C)C)cc1-2. The maximum absolute atomic E-state index is 5.80. The van der Waals surface area contributed by atoms with Gasteiger partial charge < -0.3 is 8.83 Å². The van der Waals surface area contributed by atoms with Gasteiger partial charge in [0.25, 0.3) is 0 Å². The van der Waals surface area contributed by atoms with Crippen LogP contribution in [0.5, 0.6) is 0 Å². The van der Waals surface area contributed by atoms with Crippen molar-refractivity contribution < 1.29 is 8.83 Å². The van der Waals surface area contributed by atoms with Gasteiger partial charge in [0.05, 0.1) is 12.5 Å². The van der Waals surface area contributed by atoms with Crippen molar-refractivity contribution >= 4 is 0 Å². The number of hydrogen-bond acceptors (Lipinski definition) is 2. The summed E-state index contributed by atoms with van der Waals surface area (Å²) >= 11 is 0. The molecule has 0 spiro atoms. The average Bonchev–Trinajstić information content (AvgIpc) is 3.44. The van der Waals surface area contributed by atoms with Crippen LogP contribution >= 0.6 is 0 Å². The molecule has 0 fully saturated rings. The third-order valence-electron chi connectivity index (χ3n) is 6.17. The lowest BCUT2D eigenvalue weighted by atomic mass is 9.79. The highest BCUT2D eigenvalue weighted by Crippen LogP contribution is 2.47. The summed E-state index contributed by atoms with van der Waals surface area (Å²) in [5, 5.41) is 0. The van der Waals surface area contributed by atoms with Crippen LogP contribution in [-0.4, -0.2) is 0 Å². The van der Waals surface area contributed by atoms with Crippen LogP contribution in [0.3, 0.4) is 0 Å². The van der Waals surface area contributed by atoms with Crippen LogP contribution in [0.1, 0.15) is 63.8 Å². The zero-order valence-electron chi connectivity index (χ0n) is 19.2. The van der Waals surface area contributed by atoms with Crippen molar-refractivity contribution in [2.24, 2.45) is 0 Å². The van der Waals surface area contributed by atoms with Crippen molar-refractivity contribution in [2.45, 2.75) is 52.4 Å². The Morgan fingerprint density at radius 2 is 0.968 bits per heavy atom. The topological polar surface area (TPSA) is 26.3 Å². The van der Waals surface area contributed by atoms with E-state index >= 15 is 0 Å². The molecule has 1 radical (unpaired) electrons. The Hall–Kier alpha value is -3.00. The monoisotopic (exact) mass is 409 g/mol. The zero-order chi connectivity index (χ0) is 22.0. The van der Waals surface area contributed by atoms with Gasteiger partial charge in [-0.1, -0.05) is 41.5 Å². The normalized spacial score (nSPS) is 13.4. The summed E-state index contributed by atoms with van der Waals surface area (Å²) in [6.07, 6.45) is 5.79. The van der Waals surface area contributed by atoms with Gasteiger partial charge in [0.2, 0.25) is 0 Å². The fourth-order valence-corrected chi connectivity index (χ4v) is 4.62. The fourth-order valence-electron chi connectivity index (χ4n) is 4.62. The van der Waals surface area contributed by atoms with E-state index in [0.717, 1.165) is 11.5 Å². The predicted molar refractivity (Wildman–Crippen MR) is 127 cm³/mol. The molecule has 0 amide bonds. The molecule has 0 saturated carbocycles. The van der Waals surface area contributed by atoms with Crippen molar-refractivity contribution in [2.75, 3.05) is 0 Å². The number of fused-ring (bicyclic) bond motifs is 3. The molecule has 4 aromatic rings. The molecule has 2 nitrogen and oxygen atoms in total. The summed E-state index contributed by atoms with van der Waals surface area (Å²) in [6.45, 7) is 13.6. The van der Waals surface area contributed by atoms with E-state index in [1.807, 2.05) is 24.3 Å². The summed E-state index contributed by atoms with van der Waals surface area (Å²) in [5.74, 6) is 1.84. The zero-order valence-corrected chi connectivity index (χ0v) is 19.2. The summed E-state index contributed by atoms with van der Waals surface area (Å²) in [4.78, 5) is 0. The predicted octanol–water partition coefficient (Wildman–Crippen LogP) is 8.38. The van der Waals surface area contributed by atoms with Crippen LogP contribution < -0.4 is 0 Å². The van der Waals surface area contributed by atoms with Gasteiger partial charge in [-0.25, -0.2) is 0 Å². The van der Waals surface area contributed by atoms with Gasteiger partial charge in [0.1, 0.15) is 11.5 Å². The maximum atomic E-state index is 5.80. The third kappa shape index (κ3) is 3.35. The molecule has 1 aliphatic rings. The molecule has 1 aliphatic carbocycles. The molecule has 0 unspecified atom stereocenters. The van der Waals surface area contributed by atoms with E-state index in [2.05, 4.69) is 72.2 Å². The van der Waals surface area contributed by atoms with Gasteiger partial charge >= 0.3 is 0 Å². The summed E-state index contributed by atoms with van der Waals surface area (Å²) < 4.78 is 11.6. The number of hydrogen-bond donors (Lipinski definition) is 0. The van der Waals surface area contributed by atoms with Gasteiger partial charge in [-0.05, 0) is 92.7 Å². The lowest BCUT2D eigenvalue weighted by Gasteiger charge is -2.25. The summed E-state index contributed by atoms with van der Waals surface area (Å²) in [6, 6.07) is 17.3. The molecule has 0 atom stereocenters. The highest BCUT2D eigenvalue weighted by Gasteiger charge is 2.30. The fraction of sp³-hybridized carbons (Fsp3) is 0.276. The molecule has 0 aliphatic heterocycles. The van der Waals surface area contributed by atoms with E-state index < -0.39 is 0 Å². The second-order valence-corrected chi connectivity index (χ2v) is 10.6. The van der Waals surface area contributed by atoms with Crippen LogP contribution in [0.25, 0.3) is 33.8 Å². The maximum Gasteiger partial charge on any atom is 0.134 e. The van der Waals surface area contributed by atoms with E-state index in [1.165, 1.54) is 44.5 Å². The third-order valence-corrected chi connectivity index (χ3v) is 6.17. The number of furan rings is 2. The van der Waals surface area contributed by atoms with Gasteiger partial charge in [0, 0.05) is 17.5 Å². The van der Waals surface area contributed by atoms with Crippen LogP contribution in [-0.2, 0) is 10.8 Å². The minimum absolute atomic E-state index is 0.000866. The molecule has 0 bridgehead atoms. The lowest BCUT2D eigenvalue weighted by molar-refractivity contribution is 0.566.